The van der Waals surface area contributed by atoms with Gasteiger partial charge in [0.25, 0.3) is 0 Å². The van der Waals surface area contributed by atoms with E-state index in [1.165, 1.54) is 0 Å². The molecule has 0 heterocycles. The number of carbonyl (C=O) groups is 1. The van der Waals surface area contributed by atoms with Crippen molar-refractivity contribution in [2.75, 3.05) is 12.0 Å². The molecule has 0 aliphatic rings. The van der Waals surface area contributed by atoms with Crippen LogP contribution >= 0.6 is 11.8 Å². The van der Waals surface area contributed by atoms with Crippen molar-refractivity contribution in [1.82, 2.24) is 5.32 Å². The molecule has 2 N–H and O–H groups in total. The fourth-order valence-electron chi connectivity index (χ4n) is 0.543. The molecule has 11 heavy (non-hydrogen) atoms. The molecule has 0 radical (unpaired) electrons. The summed E-state index contributed by atoms with van der Waals surface area (Å²) in [5.41, 5.74) is 0. The van der Waals surface area contributed by atoms with Gasteiger partial charge in [0, 0.05) is 0 Å². The Hall–Kier alpha value is -0.0700. The van der Waals surface area contributed by atoms with Gasteiger partial charge in [0.2, 0.25) is 6.41 Å². The largest absolute Gasteiger partial charge is 0.342 e. The van der Waals surface area contributed by atoms with Crippen LogP contribution in [0.5, 0.6) is 0 Å². The number of hydrogen-bond acceptors (Lipinski definition) is 3. The fourth-order valence-corrected chi connectivity index (χ4v) is 1.66. The zero-order chi connectivity index (χ0) is 8.69. The summed E-state index contributed by atoms with van der Waals surface area (Å²) in [6.07, 6.45) is 2.86. The number of hydrogen-bond donors (Lipinski definition) is 2. The summed E-state index contributed by atoms with van der Waals surface area (Å²) < 4.78 is 19.1. The Labute approximate surface area is 72.4 Å². The lowest BCUT2D eigenvalue weighted by atomic mass is 10.5. The zero-order valence-electron chi connectivity index (χ0n) is 6.15. The molecule has 4 nitrogen and oxygen atoms in total. The van der Waals surface area contributed by atoms with E-state index in [4.69, 9.17) is 4.55 Å². The monoisotopic (exact) mass is 197 g/mol. The molecule has 0 aliphatic heterocycles. The molecule has 0 aromatic heterocycles. The first-order valence-corrected chi connectivity index (χ1v) is 5.57. The third-order valence-electron chi connectivity index (χ3n) is 1.08. The number of amides is 1. The summed E-state index contributed by atoms with van der Waals surface area (Å²) in [5, 5.41) is 1.65. The van der Waals surface area contributed by atoms with Gasteiger partial charge in [-0.15, -0.1) is 0 Å². The number of nitrogens with one attached hydrogen (secondary N) is 1. The Balaban J connectivity index is 3.69. The van der Waals surface area contributed by atoms with Crippen molar-refractivity contribution < 1.29 is 13.6 Å². The summed E-state index contributed by atoms with van der Waals surface area (Å²) in [7, 11) is 0. The molecule has 0 saturated carbocycles. The van der Waals surface area contributed by atoms with Crippen LogP contribution < -0.4 is 5.32 Å². The molecule has 1 amide bonds. The van der Waals surface area contributed by atoms with Gasteiger partial charge >= 0.3 is 0 Å². The molecular weight excluding hydrogens is 186 g/mol. The molecule has 0 saturated heterocycles. The van der Waals surface area contributed by atoms with Crippen LogP contribution in [0.4, 0.5) is 0 Å². The maximum Gasteiger partial charge on any atom is 0.208 e. The van der Waals surface area contributed by atoms with Crippen LogP contribution in [0, 0.1) is 0 Å². The van der Waals surface area contributed by atoms with Crippen molar-refractivity contribution >= 4 is 29.3 Å². The average Bonchev–Trinajstić information content (AvgIpc) is 1.97. The Morgan fingerprint density at radius 2 is 2.45 bits per heavy atom. The van der Waals surface area contributed by atoms with Crippen LogP contribution in [-0.4, -0.2) is 32.6 Å². The standard InChI is InChI=1S/C5H11NO3S2/c1-10-3-2-5(6-4-7)11(8)9/h4-5H,2-3H2,1H3,(H,6,7)(H,8,9). The molecule has 0 fully saturated rings. The molecule has 0 spiro atoms. The lowest BCUT2D eigenvalue weighted by molar-refractivity contribution is -0.109. The van der Waals surface area contributed by atoms with E-state index in [9.17, 15) is 9.00 Å². The van der Waals surface area contributed by atoms with E-state index in [-0.39, 0.29) is 0 Å². The third kappa shape index (κ3) is 5.23. The second-order valence-electron chi connectivity index (χ2n) is 1.83. The normalized spacial score (nSPS) is 15.5. The molecular formula is C5H11NO3S2. The molecule has 6 heteroatoms. The van der Waals surface area contributed by atoms with E-state index in [1.54, 1.807) is 11.8 Å². The van der Waals surface area contributed by atoms with E-state index in [0.717, 1.165) is 5.75 Å². The first-order chi connectivity index (χ1) is 5.22. The summed E-state index contributed by atoms with van der Waals surface area (Å²) in [5.74, 6) is 0.762. The molecule has 2 atom stereocenters. The maximum atomic E-state index is 10.5. The molecule has 2 unspecified atom stereocenters. The predicted molar refractivity (Wildman–Crippen MR) is 46.8 cm³/mol. The second-order valence-corrected chi connectivity index (χ2v) is 3.94. The van der Waals surface area contributed by atoms with Gasteiger partial charge in [-0.3, -0.25) is 4.79 Å². The van der Waals surface area contributed by atoms with Crippen LogP contribution in [0.15, 0.2) is 0 Å². The van der Waals surface area contributed by atoms with Gasteiger partial charge in [-0.1, -0.05) is 0 Å². The summed E-state index contributed by atoms with van der Waals surface area (Å²) in [6, 6.07) is 0. The molecule has 0 aliphatic carbocycles. The third-order valence-corrected chi connectivity index (χ3v) is 2.58. The summed E-state index contributed by atoms with van der Waals surface area (Å²) in [6.45, 7) is 0. The van der Waals surface area contributed by atoms with Crippen LogP contribution in [0.3, 0.4) is 0 Å². The topological polar surface area (TPSA) is 66.4 Å². The minimum Gasteiger partial charge on any atom is -0.342 e. The Kier molecular flexibility index (Phi) is 6.59. The number of rotatable bonds is 6. The fraction of sp³-hybridized carbons (Fsp3) is 0.800. The molecule has 0 aromatic carbocycles. The van der Waals surface area contributed by atoms with Gasteiger partial charge in [0.15, 0.2) is 11.1 Å². The molecule has 66 valence electrons. The molecule has 0 aromatic rings. The van der Waals surface area contributed by atoms with Crippen molar-refractivity contribution in [3.8, 4) is 0 Å². The van der Waals surface area contributed by atoms with E-state index in [2.05, 4.69) is 5.32 Å². The second kappa shape index (κ2) is 6.63. The predicted octanol–water partition coefficient (Wildman–Crippen LogP) is 0.0333. The SMILES string of the molecule is CSCCC(NC=O)S(=O)O. The first kappa shape index (κ1) is 10.9. The van der Waals surface area contributed by atoms with Gasteiger partial charge in [-0.25, -0.2) is 4.21 Å². The summed E-state index contributed by atoms with van der Waals surface area (Å²) in [4.78, 5) is 9.92. The number of carbonyl (C=O) groups excluding carboxylic acids is 1. The van der Waals surface area contributed by atoms with Crippen molar-refractivity contribution in [1.29, 1.82) is 0 Å². The highest BCUT2D eigenvalue weighted by Gasteiger charge is 2.11. The average molecular weight is 197 g/mol. The Morgan fingerprint density at radius 1 is 1.82 bits per heavy atom. The van der Waals surface area contributed by atoms with Crippen molar-refractivity contribution in [3.63, 3.8) is 0 Å². The van der Waals surface area contributed by atoms with E-state index in [0.29, 0.717) is 12.8 Å². The van der Waals surface area contributed by atoms with Crippen molar-refractivity contribution in [2.45, 2.75) is 11.8 Å². The van der Waals surface area contributed by atoms with Crippen LogP contribution in [0.2, 0.25) is 0 Å². The van der Waals surface area contributed by atoms with E-state index < -0.39 is 16.5 Å². The quantitative estimate of drug-likeness (QED) is 0.466. The van der Waals surface area contributed by atoms with Crippen LogP contribution in [-0.2, 0) is 15.9 Å². The number of thioether (sulfide) groups is 1. The minimum absolute atomic E-state index is 0.444. The first-order valence-electron chi connectivity index (χ1n) is 3.00. The zero-order valence-corrected chi connectivity index (χ0v) is 7.78. The van der Waals surface area contributed by atoms with Gasteiger partial charge in [-0.05, 0) is 18.4 Å². The highest BCUT2D eigenvalue weighted by molar-refractivity contribution is 7.98. The van der Waals surface area contributed by atoms with Gasteiger partial charge in [0.05, 0.1) is 0 Å². The van der Waals surface area contributed by atoms with Crippen molar-refractivity contribution in [2.24, 2.45) is 0 Å². The van der Waals surface area contributed by atoms with Crippen LogP contribution in [0.1, 0.15) is 6.42 Å². The lowest BCUT2D eigenvalue weighted by Crippen LogP contribution is -2.32. The Morgan fingerprint density at radius 3 is 2.82 bits per heavy atom. The van der Waals surface area contributed by atoms with Gasteiger partial charge in [0.1, 0.15) is 5.37 Å². The van der Waals surface area contributed by atoms with Crippen LogP contribution in [0.25, 0.3) is 0 Å². The molecule has 0 bridgehead atoms. The summed E-state index contributed by atoms with van der Waals surface area (Å²) >= 11 is -0.389. The van der Waals surface area contributed by atoms with E-state index >= 15 is 0 Å². The maximum absolute atomic E-state index is 10.5. The lowest BCUT2D eigenvalue weighted by Gasteiger charge is -2.09. The highest BCUT2D eigenvalue weighted by Crippen LogP contribution is 2.01. The highest BCUT2D eigenvalue weighted by atomic mass is 32.2. The van der Waals surface area contributed by atoms with E-state index in [1.807, 2.05) is 6.26 Å². The molecule has 0 rings (SSSR count). The van der Waals surface area contributed by atoms with Crippen molar-refractivity contribution in [3.05, 3.63) is 0 Å². The van der Waals surface area contributed by atoms with Gasteiger partial charge in [-0.2, -0.15) is 11.8 Å². The van der Waals surface area contributed by atoms with Gasteiger partial charge < -0.3 is 9.87 Å². The Bertz CT molecular complexity index is 142. The smallest absolute Gasteiger partial charge is 0.208 e. The minimum atomic E-state index is -1.96.